The smallest absolute Gasteiger partial charge is 0.0854 e. The van der Waals surface area contributed by atoms with Crippen LogP contribution in [0.15, 0.2) is 18.2 Å². The lowest BCUT2D eigenvalue weighted by atomic mass is 9.96. The molecule has 1 aliphatic rings. The molecule has 2 N–H and O–H groups in total. The molecule has 0 bridgehead atoms. The van der Waals surface area contributed by atoms with E-state index in [4.69, 9.17) is 22.1 Å². The summed E-state index contributed by atoms with van der Waals surface area (Å²) < 4.78 is 5.66. The van der Waals surface area contributed by atoms with Gasteiger partial charge in [0.2, 0.25) is 0 Å². The maximum atomic E-state index is 6.15. The Morgan fingerprint density at radius 1 is 1.50 bits per heavy atom. The van der Waals surface area contributed by atoms with Crippen LogP contribution >= 0.6 is 11.6 Å². The van der Waals surface area contributed by atoms with Crippen LogP contribution in [0.5, 0.6) is 0 Å². The van der Waals surface area contributed by atoms with Crippen LogP contribution in [0, 0.1) is 0 Å². The molecule has 0 radical (unpaired) electrons. The zero-order chi connectivity index (χ0) is 9.97. The van der Waals surface area contributed by atoms with Crippen LogP contribution in [0.4, 0.5) is 0 Å². The van der Waals surface area contributed by atoms with E-state index in [9.17, 15) is 0 Å². The van der Waals surface area contributed by atoms with Crippen molar-refractivity contribution in [2.45, 2.75) is 18.9 Å². The molecule has 1 aromatic carbocycles. The Kier molecular flexibility index (Phi) is 3.06. The quantitative estimate of drug-likeness (QED) is 0.815. The van der Waals surface area contributed by atoms with Crippen molar-refractivity contribution in [1.82, 2.24) is 0 Å². The van der Waals surface area contributed by atoms with Crippen LogP contribution in [0.1, 0.15) is 23.7 Å². The van der Waals surface area contributed by atoms with Gasteiger partial charge in [0.05, 0.1) is 12.7 Å². The first-order valence-corrected chi connectivity index (χ1v) is 5.29. The molecule has 0 unspecified atom stereocenters. The molecule has 76 valence electrons. The second-order valence-electron chi connectivity index (χ2n) is 3.50. The van der Waals surface area contributed by atoms with E-state index in [2.05, 4.69) is 6.07 Å². The second-order valence-corrected chi connectivity index (χ2v) is 3.91. The highest BCUT2D eigenvalue weighted by Crippen LogP contribution is 2.34. The fourth-order valence-corrected chi connectivity index (χ4v) is 2.25. The third kappa shape index (κ3) is 1.78. The lowest BCUT2D eigenvalue weighted by Crippen LogP contribution is -2.19. The summed E-state index contributed by atoms with van der Waals surface area (Å²) >= 11 is 6.15. The van der Waals surface area contributed by atoms with Crippen molar-refractivity contribution in [2.24, 2.45) is 5.73 Å². The number of hydrogen-bond donors (Lipinski definition) is 1. The summed E-state index contributed by atoms with van der Waals surface area (Å²) in [5, 5.41) is 0.806. The molecule has 0 saturated carbocycles. The summed E-state index contributed by atoms with van der Waals surface area (Å²) in [6, 6.07) is 6.03. The maximum absolute atomic E-state index is 6.15. The third-order valence-corrected chi connectivity index (χ3v) is 2.91. The minimum absolute atomic E-state index is 0.0949. The molecule has 0 saturated heterocycles. The van der Waals surface area contributed by atoms with Crippen molar-refractivity contribution in [3.8, 4) is 0 Å². The Morgan fingerprint density at radius 3 is 3.14 bits per heavy atom. The van der Waals surface area contributed by atoms with Crippen molar-refractivity contribution < 1.29 is 4.74 Å². The second kappa shape index (κ2) is 4.30. The van der Waals surface area contributed by atoms with Gasteiger partial charge < -0.3 is 10.5 Å². The Labute approximate surface area is 89.0 Å². The van der Waals surface area contributed by atoms with Gasteiger partial charge in [0.25, 0.3) is 0 Å². The highest BCUT2D eigenvalue weighted by atomic mass is 35.5. The van der Waals surface area contributed by atoms with E-state index >= 15 is 0 Å². The molecule has 2 rings (SSSR count). The van der Waals surface area contributed by atoms with Crippen molar-refractivity contribution >= 4 is 11.6 Å². The number of halogens is 1. The van der Waals surface area contributed by atoms with Crippen LogP contribution < -0.4 is 5.73 Å². The van der Waals surface area contributed by atoms with Gasteiger partial charge in [-0.25, -0.2) is 0 Å². The number of ether oxygens (including phenoxy) is 1. The number of rotatable bonds is 2. The van der Waals surface area contributed by atoms with E-state index in [-0.39, 0.29) is 6.10 Å². The topological polar surface area (TPSA) is 35.2 Å². The molecule has 0 spiro atoms. The van der Waals surface area contributed by atoms with Gasteiger partial charge in [-0.3, -0.25) is 0 Å². The molecule has 0 amide bonds. The highest BCUT2D eigenvalue weighted by molar-refractivity contribution is 6.31. The molecular weight excluding hydrogens is 198 g/mol. The van der Waals surface area contributed by atoms with E-state index in [1.54, 1.807) is 0 Å². The zero-order valence-electron chi connectivity index (χ0n) is 8.00. The van der Waals surface area contributed by atoms with Gasteiger partial charge >= 0.3 is 0 Å². The number of benzene rings is 1. The molecule has 1 aliphatic heterocycles. The monoisotopic (exact) mass is 211 g/mol. The SMILES string of the molecule is NCC[C@@H]1OCCc2cccc(Cl)c21. The van der Waals surface area contributed by atoms with Crippen LogP contribution in [0.3, 0.4) is 0 Å². The van der Waals surface area contributed by atoms with Crippen LogP contribution in [-0.4, -0.2) is 13.2 Å². The van der Waals surface area contributed by atoms with Crippen LogP contribution in [0.2, 0.25) is 5.02 Å². The van der Waals surface area contributed by atoms with Crippen molar-refractivity contribution in [3.63, 3.8) is 0 Å². The normalized spacial score (nSPS) is 20.6. The molecule has 1 atom stereocenters. The lowest BCUT2D eigenvalue weighted by molar-refractivity contribution is 0.0383. The van der Waals surface area contributed by atoms with E-state index < -0.39 is 0 Å². The van der Waals surface area contributed by atoms with Gasteiger partial charge in [-0.05, 0) is 31.0 Å². The van der Waals surface area contributed by atoms with Crippen molar-refractivity contribution in [2.75, 3.05) is 13.2 Å². The predicted octanol–water partition coefficient (Wildman–Crippen LogP) is 2.30. The molecule has 0 aromatic heterocycles. The largest absolute Gasteiger partial charge is 0.373 e. The molecule has 1 heterocycles. The number of fused-ring (bicyclic) bond motifs is 1. The minimum Gasteiger partial charge on any atom is -0.373 e. The summed E-state index contributed by atoms with van der Waals surface area (Å²) in [4.78, 5) is 0. The summed E-state index contributed by atoms with van der Waals surface area (Å²) in [6.45, 7) is 1.41. The summed E-state index contributed by atoms with van der Waals surface area (Å²) in [5.41, 5.74) is 8.00. The fraction of sp³-hybridized carbons (Fsp3) is 0.455. The first-order valence-electron chi connectivity index (χ1n) is 4.92. The molecule has 3 heteroatoms. The highest BCUT2D eigenvalue weighted by Gasteiger charge is 2.22. The summed E-state index contributed by atoms with van der Waals surface area (Å²) in [6.07, 6.45) is 1.89. The Hall–Kier alpha value is -0.570. The Balaban J connectivity index is 2.36. The Bertz CT molecular complexity index is 327. The average molecular weight is 212 g/mol. The molecule has 0 aliphatic carbocycles. The van der Waals surface area contributed by atoms with Gasteiger partial charge in [0, 0.05) is 10.6 Å². The predicted molar refractivity (Wildman–Crippen MR) is 57.5 cm³/mol. The van der Waals surface area contributed by atoms with E-state index in [0.717, 1.165) is 30.0 Å². The van der Waals surface area contributed by atoms with Crippen molar-refractivity contribution in [1.29, 1.82) is 0 Å². The molecule has 0 fully saturated rings. The van der Waals surface area contributed by atoms with Gasteiger partial charge in [0.1, 0.15) is 0 Å². The standard InChI is InChI=1S/C11H14ClNO/c12-9-3-1-2-8-5-7-14-10(4-6-13)11(8)9/h1-3,10H,4-7,13H2/t10-/m0/s1. The first kappa shape index (κ1) is 9.97. The lowest BCUT2D eigenvalue weighted by Gasteiger charge is -2.26. The zero-order valence-corrected chi connectivity index (χ0v) is 8.76. The van der Waals surface area contributed by atoms with E-state index in [1.165, 1.54) is 5.56 Å². The van der Waals surface area contributed by atoms with Crippen molar-refractivity contribution in [3.05, 3.63) is 34.3 Å². The van der Waals surface area contributed by atoms with Crippen LogP contribution in [-0.2, 0) is 11.2 Å². The minimum atomic E-state index is 0.0949. The summed E-state index contributed by atoms with van der Waals surface area (Å²) in [5.74, 6) is 0. The first-order chi connectivity index (χ1) is 6.83. The summed E-state index contributed by atoms with van der Waals surface area (Å²) in [7, 11) is 0. The molecule has 2 nitrogen and oxygen atoms in total. The molecular formula is C11H14ClNO. The Morgan fingerprint density at radius 2 is 2.36 bits per heavy atom. The van der Waals surface area contributed by atoms with E-state index in [0.29, 0.717) is 6.54 Å². The van der Waals surface area contributed by atoms with Crippen LogP contribution in [0.25, 0.3) is 0 Å². The number of hydrogen-bond acceptors (Lipinski definition) is 2. The maximum Gasteiger partial charge on any atom is 0.0854 e. The van der Waals surface area contributed by atoms with Gasteiger partial charge in [-0.15, -0.1) is 0 Å². The van der Waals surface area contributed by atoms with Gasteiger partial charge in [-0.1, -0.05) is 23.7 Å². The fourth-order valence-electron chi connectivity index (χ4n) is 1.93. The number of nitrogens with two attached hydrogens (primary N) is 1. The molecule has 14 heavy (non-hydrogen) atoms. The van der Waals surface area contributed by atoms with Gasteiger partial charge in [0.15, 0.2) is 0 Å². The third-order valence-electron chi connectivity index (χ3n) is 2.58. The van der Waals surface area contributed by atoms with E-state index in [1.807, 2.05) is 12.1 Å². The van der Waals surface area contributed by atoms with Gasteiger partial charge in [-0.2, -0.15) is 0 Å². The average Bonchev–Trinajstić information content (AvgIpc) is 2.19. The molecule has 1 aromatic rings.